The third kappa shape index (κ3) is 7.23. The Kier molecular flexibility index (Phi) is 8.78. The molecule has 1 saturated heterocycles. The molecule has 1 fully saturated rings. The number of benzene rings is 3. The summed E-state index contributed by atoms with van der Waals surface area (Å²) < 4.78 is 11.1. The van der Waals surface area contributed by atoms with Crippen molar-refractivity contribution in [3.05, 3.63) is 83.4 Å². The van der Waals surface area contributed by atoms with Gasteiger partial charge in [-0.1, -0.05) is 30.3 Å². The normalized spacial score (nSPS) is 15.3. The summed E-state index contributed by atoms with van der Waals surface area (Å²) in [7, 11) is 1.50. The number of likely N-dealkylation sites (tertiary alicyclic amines) is 1. The summed E-state index contributed by atoms with van der Waals surface area (Å²) in [6.45, 7) is 2.50. The molecule has 0 radical (unpaired) electrons. The molecule has 0 spiro atoms. The first-order valence-corrected chi connectivity index (χ1v) is 12.2. The molecule has 4 rings (SSSR count). The Morgan fingerprint density at radius 2 is 1.97 bits per heavy atom. The topological polar surface area (TPSA) is 139 Å². The quantitative estimate of drug-likeness (QED) is 0.140. The lowest BCUT2D eigenvalue weighted by Gasteiger charge is -2.17. The number of ether oxygens (including phenoxy) is 2. The van der Waals surface area contributed by atoms with Crippen LogP contribution < -0.4 is 25.9 Å². The van der Waals surface area contributed by atoms with E-state index >= 15 is 0 Å². The summed E-state index contributed by atoms with van der Waals surface area (Å²) in [5.41, 5.74) is 10.2. The molecule has 0 unspecified atom stereocenters. The second kappa shape index (κ2) is 12.6. The number of nitrogens with zero attached hydrogens (tertiary/aromatic N) is 2. The van der Waals surface area contributed by atoms with E-state index in [1.54, 1.807) is 18.2 Å². The molecule has 1 heterocycles. The number of hydrogen-bond acceptors (Lipinski definition) is 8. The van der Waals surface area contributed by atoms with Crippen molar-refractivity contribution in [2.24, 2.45) is 5.10 Å². The van der Waals surface area contributed by atoms with Crippen LogP contribution in [-0.4, -0.2) is 60.9 Å². The van der Waals surface area contributed by atoms with Gasteiger partial charge in [-0.25, -0.2) is 5.43 Å². The molecule has 0 bridgehead atoms. The molecule has 10 nitrogen and oxygen atoms in total. The number of hydrazone groups is 1. The second-order valence-corrected chi connectivity index (χ2v) is 8.94. The summed E-state index contributed by atoms with van der Waals surface area (Å²) in [4.78, 5) is 27.0. The summed E-state index contributed by atoms with van der Waals surface area (Å²) in [5.74, 6) is 0.165. The van der Waals surface area contributed by atoms with Crippen LogP contribution in [0.1, 0.15) is 27.9 Å². The van der Waals surface area contributed by atoms with Crippen LogP contribution in [0.25, 0.3) is 0 Å². The average Bonchev–Trinajstić information content (AvgIpc) is 3.36. The van der Waals surface area contributed by atoms with Crippen molar-refractivity contribution < 1.29 is 24.2 Å². The second-order valence-electron chi connectivity index (χ2n) is 8.94. The van der Waals surface area contributed by atoms with Gasteiger partial charge in [0.1, 0.15) is 17.2 Å². The van der Waals surface area contributed by atoms with Crippen LogP contribution in [0.3, 0.4) is 0 Å². The first-order valence-electron chi connectivity index (χ1n) is 12.2. The zero-order chi connectivity index (χ0) is 26.9. The highest BCUT2D eigenvalue weighted by atomic mass is 16.5. The van der Waals surface area contributed by atoms with Crippen LogP contribution in [0.4, 0.5) is 5.69 Å². The molecule has 3 aromatic carbocycles. The van der Waals surface area contributed by atoms with Gasteiger partial charge in [-0.2, -0.15) is 5.10 Å². The number of phenols is 1. The van der Waals surface area contributed by atoms with Gasteiger partial charge in [-0.15, -0.1) is 0 Å². The molecule has 1 aliphatic rings. The minimum Gasteiger partial charge on any atom is -0.506 e. The van der Waals surface area contributed by atoms with E-state index in [2.05, 4.69) is 32.9 Å². The van der Waals surface area contributed by atoms with Crippen LogP contribution in [0.2, 0.25) is 0 Å². The molecule has 1 atom stereocenters. The van der Waals surface area contributed by atoms with E-state index in [1.807, 2.05) is 18.2 Å². The van der Waals surface area contributed by atoms with E-state index in [1.165, 1.54) is 37.1 Å². The molecule has 3 aromatic rings. The maximum Gasteiger partial charge on any atom is 0.271 e. The predicted octanol–water partition coefficient (Wildman–Crippen LogP) is 2.52. The third-order valence-corrected chi connectivity index (χ3v) is 6.12. The number of methoxy groups -OCH3 is 1. The van der Waals surface area contributed by atoms with E-state index < -0.39 is 5.91 Å². The zero-order valence-electron chi connectivity index (χ0n) is 21.1. The number of rotatable bonds is 10. The Bertz CT molecular complexity index is 1300. The lowest BCUT2D eigenvalue weighted by Crippen LogP contribution is -2.39. The van der Waals surface area contributed by atoms with Gasteiger partial charge in [0.05, 0.1) is 19.0 Å². The molecule has 38 heavy (non-hydrogen) atoms. The summed E-state index contributed by atoms with van der Waals surface area (Å²) in [6.07, 6.45) is 2.33. The number of amides is 2. The van der Waals surface area contributed by atoms with Crippen LogP contribution in [0.5, 0.6) is 17.2 Å². The SMILES string of the molecule is COc1cc(OCC(=O)N[C@@H]2CCN(Cc3ccccc3)C2)ccc1/C=N/NC(=O)c1ccc(O)c(N)c1. The third-order valence-electron chi connectivity index (χ3n) is 6.12. The standard InChI is InChI=1S/C28H31N5O5/c1-37-26-14-23(9-7-21(26)15-30-32-28(36)20-8-10-25(34)24(29)13-20)38-18-27(35)31-22-11-12-33(17-22)16-19-5-3-2-4-6-19/h2-10,13-15,22,34H,11-12,16-18,29H2,1H3,(H,31,35)(H,32,36)/b30-15+/t22-/m1/s1. The van der Waals surface area contributed by atoms with Crippen LogP contribution in [0.15, 0.2) is 71.8 Å². The molecule has 1 aliphatic heterocycles. The van der Waals surface area contributed by atoms with Crippen molar-refractivity contribution in [3.63, 3.8) is 0 Å². The maximum absolute atomic E-state index is 12.5. The molecule has 0 aromatic heterocycles. The van der Waals surface area contributed by atoms with Crippen molar-refractivity contribution in [2.75, 3.05) is 32.5 Å². The minimum atomic E-state index is -0.483. The van der Waals surface area contributed by atoms with Crippen molar-refractivity contribution in [2.45, 2.75) is 19.0 Å². The smallest absolute Gasteiger partial charge is 0.271 e. The Morgan fingerprint density at radius 1 is 1.16 bits per heavy atom. The molecule has 10 heteroatoms. The number of phenolic OH excluding ortho intramolecular Hbond substituents is 1. The number of hydrogen-bond donors (Lipinski definition) is 4. The van der Waals surface area contributed by atoms with Crippen molar-refractivity contribution >= 4 is 23.7 Å². The van der Waals surface area contributed by atoms with Gasteiger partial charge in [0.2, 0.25) is 0 Å². The van der Waals surface area contributed by atoms with Gasteiger partial charge >= 0.3 is 0 Å². The van der Waals surface area contributed by atoms with Crippen molar-refractivity contribution in [1.29, 1.82) is 0 Å². The monoisotopic (exact) mass is 517 g/mol. The Labute approximate surface area is 221 Å². The zero-order valence-corrected chi connectivity index (χ0v) is 21.1. The Hall–Kier alpha value is -4.57. The van der Waals surface area contributed by atoms with Gasteiger partial charge in [-0.05, 0) is 42.3 Å². The number of anilines is 1. The summed E-state index contributed by atoms with van der Waals surface area (Å²) in [6, 6.07) is 19.6. The average molecular weight is 518 g/mol. The molecule has 198 valence electrons. The first-order chi connectivity index (χ1) is 18.4. The van der Waals surface area contributed by atoms with Gasteiger partial charge in [0, 0.05) is 42.9 Å². The van der Waals surface area contributed by atoms with Gasteiger partial charge in [0.25, 0.3) is 11.8 Å². The summed E-state index contributed by atoms with van der Waals surface area (Å²) >= 11 is 0. The fourth-order valence-electron chi connectivity index (χ4n) is 4.16. The van der Waals surface area contributed by atoms with E-state index in [0.717, 1.165) is 26.1 Å². The molecule has 0 saturated carbocycles. The molecule has 2 amide bonds. The van der Waals surface area contributed by atoms with E-state index in [-0.39, 0.29) is 35.6 Å². The van der Waals surface area contributed by atoms with Crippen LogP contribution >= 0.6 is 0 Å². The van der Waals surface area contributed by atoms with E-state index in [0.29, 0.717) is 17.1 Å². The lowest BCUT2D eigenvalue weighted by atomic mass is 10.2. The molecule has 0 aliphatic carbocycles. The van der Waals surface area contributed by atoms with Gasteiger partial charge in [0.15, 0.2) is 6.61 Å². The number of nitrogens with two attached hydrogens (primary N) is 1. The number of nitrogen functional groups attached to an aromatic ring is 1. The first kappa shape index (κ1) is 26.5. The van der Waals surface area contributed by atoms with E-state index in [9.17, 15) is 14.7 Å². The largest absolute Gasteiger partial charge is 0.506 e. The number of carbonyl (C=O) groups excluding carboxylic acids is 2. The highest BCUT2D eigenvalue weighted by Crippen LogP contribution is 2.24. The Balaban J connectivity index is 1.24. The minimum absolute atomic E-state index is 0.0937. The fourth-order valence-corrected chi connectivity index (χ4v) is 4.16. The van der Waals surface area contributed by atoms with Gasteiger partial charge < -0.3 is 25.6 Å². The Morgan fingerprint density at radius 3 is 2.74 bits per heavy atom. The number of nitrogens with one attached hydrogen (secondary N) is 2. The molecular formula is C28H31N5O5. The van der Waals surface area contributed by atoms with Crippen molar-refractivity contribution in [1.82, 2.24) is 15.6 Å². The van der Waals surface area contributed by atoms with Crippen LogP contribution in [-0.2, 0) is 11.3 Å². The highest BCUT2D eigenvalue weighted by molar-refractivity contribution is 5.96. The predicted molar refractivity (Wildman–Crippen MR) is 144 cm³/mol. The lowest BCUT2D eigenvalue weighted by molar-refractivity contribution is -0.123. The maximum atomic E-state index is 12.5. The fraction of sp³-hybridized carbons (Fsp3) is 0.250. The van der Waals surface area contributed by atoms with Crippen molar-refractivity contribution in [3.8, 4) is 17.2 Å². The van der Waals surface area contributed by atoms with Gasteiger partial charge in [-0.3, -0.25) is 14.5 Å². The summed E-state index contributed by atoms with van der Waals surface area (Å²) in [5, 5.41) is 16.5. The highest BCUT2D eigenvalue weighted by Gasteiger charge is 2.24. The number of aromatic hydroxyl groups is 1. The molecule has 5 N–H and O–H groups in total. The van der Waals surface area contributed by atoms with E-state index in [4.69, 9.17) is 15.2 Å². The molecular weight excluding hydrogens is 486 g/mol. The number of carbonyl (C=O) groups is 2. The van der Waals surface area contributed by atoms with Crippen LogP contribution in [0, 0.1) is 0 Å².